The molecule has 1 amide bonds. The SMILES string of the molecule is CC(C)(C)OC(=O)N1CCN(c2ccc(-n3cc(Br)c(-c4ccncc4)n3)c(F)c2)CC1(C)C. The van der Waals surface area contributed by atoms with E-state index in [9.17, 15) is 4.79 Å². The van der Waals surface area contributed by atoms with Crippen molar-refractivity contribution < 1.29 is 13.9 Å². The topological polar surface area (TPSA) is 63.5 Å². The van der Waals surface area contributed by atoms with Crippen LogP contribution in [0.5, 0.6) is 0 Å². The first-order valence-corrected chi connectivity index (χ1v) is 11.9. The normalized spacial score (nSPS) is 16.0. The first-order chi connectivity index (χ1) is 15.9. The van der Waals surface area contributed by atoms with Crippen molar-refractivity contribution in [3.63, 3.8) is 0 Å². The standard InChI is InChI=1S/C25H29BrFN5O2/c1-24(2,3)34-23(33)31-13-12-30(16-25(31,4)5)18-6-7-21(20(27)14-18)32-15-19(26)22(29-32)17-8-10-28-11-9-17/h6-11,14-15H,12-13,16H2,1-5H3. The fourth-order valence-electron chi connectivity index (χ4n) is 4.09. The number of piperazine rings is 1. The lowest BCUT2D eigenvalue weighted by Gasteiger charge is -2.47. The average Bonchev–Trinajstić information content (AvgIpc) is 3.13. The van der Waals surface area contributed by atoms with Crippen LogP contribution in [0.15, 0.2) is 53.4 Å². The molecule has 2 aromatic heterocycles. The number of hydrogen-bond acceptors (Lipinski definition) is 5. The molecule has 1 fully saturated rings. The highest BCUT2D eigenvalue weighted by atomic mass is 79.9. The van der Waals surface area contributed by atoms with Crippen LogP contribution in [0.25, 0.3) is 16.9 Å². The first kappa shape index (κ1) is 24.2. The second-order valence-corrected chi connectivity index (χ2v) is 10.9. The summed E-state index contributed by atoms with van der Waals surface area (Å²) in [6.45, 7) is 11.2. The van der Waals surface area contributed by atoms with Crippen LogP contribution in [0, 0.1) is 5.82 Å². The third-order valence-corrected chi connectivity index (χ3v) is 6.26. The summed E-state index contributed by atoms with van der Waals surface area (Å²) in [6, 6.07) is 8.86. The van der Waals surface area contributed by atoms with Crippen LogP contribution >= 0.6 is 15.9 Å². The molecule has 0 spiro atoms. The predicted octanol–water partition coefficient (Wildman–Crippen LogP) is 5.67. The van der Waals surface area contributed by atoms with E-state index < -0.39 is 11.1 Å². The Morgan fingerprint density at radius 2 is 1.85 bits per heavy atom. The van der Waals surface area contributed by atoms with Gasteiger partial charge in [0.1, 0.15) is 17.0 Å². The highest BCUT2D eigenvalue weighted by Gasteiger charge is 2.39. The van der Waals surface area contributed by atoms with Crippen LogP contribution in [0.1, 0.15) is 34.6 Å². The molecule has 7 nitrogen and oxygen atoms in total. The van der Waals surface area contributed by atoms with Crippen molar-refractivity contribution in [3.8, 4) is 16.9 Å². The van der Waals surface area contributed by atoms with E-state index in [1.165, 1.54) is 10.7 Å². The van der Waals surface area contributed by atoms with E-state index in [0.717, 1.165) is 15.7 Å². The molecular formula is C25H29BrFN5O2. The van der Waals surface area contributed by atoms with E-state index in [0.29, 0.717) is 31.0 Å². The molecular weight excluding hydrogens is 501 g/mol. The summed E-state index contributed by atoms with van der Waals surface area (Å²) in [4.78, 5) is 20.5. The third kappa shape index (κ3) is 5.09. The maximum Gasteiger partial charge on any atom is 0.410 e. The molecule has 0 radical (unpaired) electrons. The third-order valence-electron chi connectivity index (χ3n) is 5.68. The monoisotopic (exact) mass is 529 g/mol. The van der Waals surface area contributed by atoms with Crippen molar-refractivity contribution >= 4 is 27.7 Å². The molecule has 0 saturated carbocycles. The zero-order chi connectivity index (χ0) is 24.7. The molecule has 9 heteroatoms. The van der Waals surface area contributed by atoms with Crippen LogP contribution in [-0.4, -0.2) is 56.5 Å². The van der Waals surface area contributed by atoms with E-state index in [4.69, 9.17) is 4.74 Å². The lowest BCUT2D eigenvalue weighted by atomic mass is 9.98. The Hall–Kier alpha value is -2.94. The molecule has 0 atom stereocenters. The summed E-state index contributed by atoms with van der Waals surface area (Å²) in [5.41, 5.74) is 1.70. The Bertz CT molecular complexity index is 1190. The predicted molar refractivity (Wildman–Crippen MR) is 134 cm³/mol. The largest absolute Gasteiger partial charge is 0.444 e. The van der Waals surface area contributed by atoms with E-state index in [-0.39, 0.29) is 11.9 Å². The number of ether oxygens (including phenoxy) is 1. The molecule has 180 valence electrons. The van der Waals surface area contributed by atoms with Crippen LogP contribution in [0.3, 0.4) is 0 Å². The molecule has 1 aliphatic rings. The van der Waals surface area contributed by atoms with Crippen LogP contribution in [0.2, 0.25) is 0 Å². The highest BCUT2D eigenvalue weighted by Crippen LogP contribution is 2.31. The van der Waals surface area contributed by atoms with Crippen molar-refractivity contribution in [2.24, 2.45) is 0 Å². The lowest BCUT2D eigenvalue weighted by molar-refractivity contribution is 0.000370. The summed E-state index contributed by atoms with van der Waals surface area (Å²) < 4.78 is 23.1. The first-order valence-electron chi connectivity index (χ1n) is 11.2. The van der Waals surface area contributed by atoms with Gasteiger partial charge in [-0.15, -0.1) is 0 Å². The second kappa shape index (κ2) is 9.02. The number of carbonyl (C=O) groups excluding carboxylic acids is 1. The summed E-state index contributed by atoms with van der Waals surface area (Å²) >= 11 is 3.52. The summed E-state index contributed by atoms with van der Waals surface area (Å²) in [7, 11) is 0. The van der Waals surface area contributed by atoms with E-state index in [1.807, 2.05) is 52.8 Å². The number of hydrogen-bond donors (Lipinski definition) is 0. The van der Waals surface area contributed by atoms with Gasteiger partial charge in [-0.25, -0.2) is 13.9 Å². The number of pyridine rings is 1. The molecule has 0 N–H and O–H groups in total. The summed E-state index contributed by atoms with van der Waals surface area (Å²) in [5, 5.41) is 4.57. The van der Waals surface area contributed by atoms with Gasteiger partial charge in [-0.3, -0.25) is 9.88 Å². The van der Waals surface area contributed by atoms with Gasteiger partial charge in [-0.1, -0.05) is 0 Å². The highest BCUT2D eigenvalue weighted by molar-refractivity contribution is 9.10. The number of amides is 1. The Balaban J connectivity index is 1.53. The number of nitrogens with zero attached hydrogens (tertiary/aromatic N) is 5. The fourth-order valence-corrected chi connectivity index (χ4v) is 4.59. The van der Waals surface area contributed by atoms with Crippen molar-refractivity contribution in [1.29, 1.82) is 0 Å². The number of rotatable bonds is 3. The maximum atomic E-state index is 15.2. The van der Waals surface area contributed by atoms with Gasteiger partial charge >= 0.3 is 6.09 Å². The van der Waals surface area contributed by atoms with Crippen LogP contribution < -0.4 is 4.90 Å². The van der Waals surface area contributed by atoms with Gasteiger partial charge in [-0.05, 0) is 80.9 Å². The lowest BCUT2D eigenvalue weighted by Crippen LogP contribution is -2.61. The Labute approximate surface area is 207 Å². The molecule has 0 aliphatic carbocycles. The minimum Gasteiger partial charge on any atom is -0.444 e. The van der Waals surface area contributed by atoms with E-state index >= 15 is 4.39 Å². The van der Waals surface area contributed by atoms with E-state index in [1.54, 1.807) is 29.6 Å². The van der Waals surface area contributed by atoms with E-state index in [2.05, 4.69) is 30.9 Å². The zero-order valence-electron chi connectivity index (χ0n) is 20.0. The number of anilines is 1. The van der Waals surface area contributed by atoms with Crippen molar-refractivity contribution in [3.05, 3.63) is 59.2 Å². The molecule has 1 aromatic carbocycles. The molecule has 3 heterocycles. The molecule has 34 heavy (non-hydrogen) atoms. The van der Waals surface area contributed by atoms with Crippen molar-refractivity contribution in [2.75, 3.05) is 24.5 Å². The summed E-state index contributed by atoms with van der Waals surface area (Å²) in [5.74, 6) is -0.374. The molecule has 3 aromatic rings. The molecule has 1 aliphatic heterocycles. The Morgan fingerprint density at radius 3 is 2.47 bits per heavy atom. The minimum absolute atomic E-state index is 0.326. The summed E-state index contributed by atoms with van der Waals surface area (Å²) in [6.07, 6.45) is 4.81. The fraction of sp³-hybridized carbons (Fsp3) is 0.400. The van der Waals surface area contributed by atoms with Crippen LogP contribution in [-0.2, 0) is 4.74 Å². The Morgan fingerprint density at radius 1 is 1.15 bits per heavy atom. The number of benzene rings is 1. The van der Waals surface area contributed by atoms with Crippen LogP contribution in [0.4, 0.5) is 14.9 Å². The van der Waals surface area contributed by atoms with Gasteiger partial charge in [0, 0.05) is 49.5 Å². The van der Waals surface area contributed by atoms with Crippen molar-refractivity contribution in [2.45, 2.75) is 45.8 Å². The molecule has 4 rings (SSSR count). The van der Waals surface area contributed by atoms with Crippen molar-refractivity contribution in [1.82, 2.24) is 19.7 Å². The minimum atomic E-state index is -0.554. The average molecular weight is 530 g/mol. The second-order valence-electron chi connectivity index (χ2n) is 10.0. The quantitative estimate of drug-likeness (QED) is 0.437. The maximum absolute atomic E-state index is 15.2. The van der Waals surface area contributed by atoms with Gasteiger partial charge in [-0.2, -0.15) is 5.10 Å². The number of aromatic nitrogens is 3. The van der Waals surface area contributed by atoms with Gasteiger partial charge in [0.2, 0.25) is 0 Å². The van der Waals surface area contributed by atoms with Gasteiger partial charge in [0.15, 0.2) is 5.82 Å². The number of halogens is 2. The van der Waals surface area contributed by atoms with Gasteiger partial charge in [0.05, 0.1) is 10.0 Å². The van der Waals surface area contributed by atoms with Gasteiger partial charge in [0.25, 0.3) is 0 Å². The molecule has 1 saturated heterocycles. The molecule has 0 bridgehead atoms. The molecule has 0 unspecified atom stereocenters. The smallest absolute Gasteiger partial charge is 0.410 e. The zero-order valence-corrected chi connectivity index (χ0v) is 21.6. The number of carbonyl (C=O) groups is 1. The van der Waals surface area contributed by atoms with Gasteiger partial charge < -0.3 is 9.64 Å². The Kier molecular flexibility index (Phi) is 6.42.